The second-order valence-corrected chi connectivity index (χ2v) is 5.22. The van der Waals surface area contributed by atoms with E-state index in [4.69, 9.17) is 0 Å². The van der Waals surface area contributed by atoms with Crippen LogP contribution in [0.4, 0.5) is 13.2 Å². The fraction of sp³-hybridized carbons (Fsp3) is 0.750. The van der Waals surface area contributed by atoms with Gasteiger partial charge in [0.05, 0.1) is 4.83 Å². The Morgan fingerprint density at radius 1 is 1.40 bits per heavy atom. The Morgan fingerprint density at radius 2 is 2.07 bits per heavy atom. The molecule has 1 unspecified atom stereocenters. The summed E-state index contributed by atoms with van der Waals surface area (Å²) in [5.74, 6) is 0. The van der Waals surface area contributed by atoms with Gasteiger partial charge in [0.2, 0.25) is 0 Å². The van der Waals surface area contributed by atoms with E-state index in [1.807, 2.05) is 6.92 Å². The zero-order chi connectivity index (χ0) is 11.5. The first kappa shape index (κ1) is 12.9. The normalized spacial score (nSPS) is 14.2. The van der Waals surface area contributed by atoms with Gasteiger partial charge in [-0.2, -0.15) is 13.2 Å². The van der Waals surface area contributed by atoms with Crippen molar-refractivity contribution in [3.05, 3.63) is 10.0 Å². The summed E-state index contributed by atoms with van der Waals surface area (Å²) in [6.45, 7) is 1.97. The summed E-state index contributed by atoms with van der Waals surface area (Å²) in [5.41, 5.74) is 0. The molecule has 0 radical (unpaired) electrons. The van der Waals surface area contributed by atoms with Crippen LogP contribution in [0.2, 0.25) is 0 Å². The van der Waals surface area contributed by atoms with E-state index >= 15 is 0 Å². The second kappa shape index (κ2) is 5.25. The third-order valence-electron chi connectivity index (χ3n) is 1.73. The molecule has 0 aliphatic heterocycles. The SMILES string of the molecule is CCC(Br)c1nnc(CCC(F)(F)F)s1. The molecule has 0 amide bonds. The minimum Gasteiger partial charge on any atom is -0.171 e. The first-order valence-electron chi connectivity index (χ1n) is 4.45. The first-order chi connectivity index (χ1) is 6.92. The summed E-state index contributed by atoms with van der Waals surface area (Å²) in [4.78, 5) is 0.0923. The average Bonchev–Trinajstić information content (AvgIpc) is 2.61. The van der Waals surface area contributed by atoms with Crippen molar-refractivity contribution in [3.63, 3.8) is 0 Å². The number of hydrogen-bond acceptors (Lipinski definition) is 3. The highest BCUT2D eigenvalue weighted by Gasteiger charge is 2.27. The lowest BCUT2D eigenvalue weighted by molar-refractivity contribution is -0.134. The molecule has 0 N–H and O–H groups in total. The number of alkyl halides is 4. The number of aromatic nitrogens is 2. The van der Waals surface area contributed by atoms with E-state index in [2.05, 4.69) is 26.1 Å². The molecular weight excluding hydrogens is 293 g/mol. The van der Waals surface area contributed by atoms with Crippen LogP contribution in [-0.2, 0) is 6.42 Å². The number of nitrogens with zero attached hydrogens (tertiary/aromatic N) is 2. The molecule has 2 nitrogen and oxygen atoms in total. The van der Waals surface area contributed by atoms with Crippen LogP contribution in [0.1, 0.15) is 34.6 Å². The molecule has 7 heteroatoms. The van der Waals surface area contributed by atoms with Crippen molar-refractivity contribution in [1.82, 2.24) is 10.2 Å². The lowest BCUT2D eigenvalue weighted by atomic mass is 10.3. The van der Waals surface area contributed by atoms with Gasteiger partial charge in [-0.3, -0.25) is 0 Å². The van der Waals surface area contributed by atoms with E-state index in [9.17, 15) is 13.2 Å². The molecule has 1 rings (SSSR count). The third-order valence-corrected chi connectivity index (χ3v) is 4.21. The molecule has 0 fully saturated rings. The van der Waals surface area contributed by atoms with Crippen LogP contribution in [0, 0.1) is 0 Å². The lowest BCUT2D eigenvalue weighted by Gasteiger charge is -2.02. The summed E-state index contributed by atoms with van der Waals surface area (Å²) in [6, 6.07) is 0. The molecule has 86 valence electrons. The highest BCUT2D eigenvalue weighted by atomic mass is 79.9. The molecule has 1 atom stereocenters. The van der Waals surface area contributed by atoms with Crippen molar-refractivity contribution in [2.45, 2.75) is 37.2 Å². The monoisotopic (exact) mass is 302 g/mol. The first-order valence-corrected chi connectivity index (χ1v) is 6.18. The Kier molecular flexibility index (Phi) is 4.51. The largest absolute Gasteiger partial charge is 0.389 e. The van der Waals surface area contributed by atoms with Gasteiger partial charge >= 0.3 is 6.18 Å². The van der Waals surface area contributed by atoms with Crippen molar-refractivity contribution in [1.29, 1.82) is 0 Å². The van der Waals surface area contributed by atoms with Gasteiger partial charge in [-0.25, -0.2) is 0 Å². The Hall–Kier alpha value is -0.170. The van der Waals surface area contributed by atoms with E-state index in [0.29, 0.717) is 5.01 Å². The molecule has 0 aromatic carbocycles. The summed E-state index contributed by atoms with van der Waals surface area (Å²) in [6.07, 6.45) is -4.19. The van der Waals surface area contributed by atoms with E-state index in [0.717, 1.165) is 11.4 Å². The quantitative estimate of drug-likeness (QED) is 0.789. The molecule has 0 aliphatic carbocycles. The molecule has 15 heavy (non-hydrogen) atoms. The van der Waals surface area contributed by atoms with Crippen LogP contribution in [-0.4, -0.2) is 16.4 Å². The van der Waals surface area contributed by atoms with E-state index in [1.54, 1.807) is 0 Å². The van der Waals surface area contributed by atoms with Crippen molar-refractivity contribution >= 4 is 27.3 Å². The van der Waals surface area contributed by atoms with Crippen molar-refractivity contribution in [2.24, 2.45) is 0 Å². The molecule has 0 saturated carbocycles. The van der Waals surface area contributed by atoms with Crippen LogP contribution in [0.3, 0.4) is 0 Å². The summed E-state index contributed by atoms with van der Waals surface area (Å²) >= 11 is 4.61. The maximum absolute atomic E-state index is 11.9. The molecule has 0 bridgehead atoms. The summed E-state index contributed by atoms with van der Waals surface area (Å²) < 4.78 is 35.8. The molecule has 0 saturated heterocycles. The van der Waals surface area contributed by atoms with Crippen LogP contribution in [0.15, 0.2) is 0 Å². The summed E-state index contributed by atoms with van der Waals surface area (Å²) in [7, 11) is 0. The zero-order valence-corrected chi connectivity index (χ0v) is 10.4. The van der Waals surface area contributed by atoms with Gasteiger partial charge < -0.3 is 0 Å². The fourth-order valence-corrected chi connectivity index (χ4v) is 2.19. The second-order valence-electron chi connectivity index (χ2n) is 3.03. The third kappa shape index (κ3) is 4.46. The molecule has 1 aromatic heterocycles. The molecule has 0 spiro atoms. The highest BCUT2D eigenvalue weighted by molar-refractivity contribution is 9.09. The van der Waals surface area contributed by atoms with Gasteiger partial charge in [-0.05, 0) is 6.42 Å². The molecule has 1 heterocycles. The maximum Gasteiger partial charge on any atom is 0.389 e. The maximum atomic E-state index is 11.9. The van der Waals surface area contributed by atoms with Gasteiger partial charge in [0.25, 0.3) is 0 Å². The van der Waals surface area contributed by atoms with Crippen LogP contribution in [0.5, 0.6) is 0 Å². The zero-order valence-electron chi connectivity index (χ0n) is 8.01. The molecule has 0 aliphatic rings. The van der Waals surface area contributed by atoms with Gasteiger partial charge in [0, 0.05) is 12.8 Å². The predicted octanol–water partition coefficient (Wildman–Crippen LogP) is 3.88. The van der Waals surface area contributed by atoms with Crippen LogP contribution in [0.25, 0.3) is 0 Å². The fourth-order valence-electron chi connectivity index (χ4n) is 0.917. The number of hydrogen-bond donors (Lipinski definition) is 0. The molecular formula is C8H10BrF3N2S. The van der Waals surface area contributed by atoms with Gasteiger partial charge in [-0.15, -0.1) is 21.5 Å². The highest BCUT2D eigenvalue weighted by Crippen LogP contribution is 2.30. The van der Waals surface area contributed by atoms with Crippen LogP contribution >= 0.6 is 27.3 Å². The average molecular weight is 303 g/mol. The van der Waals surface area contributed by atoms with Crippen molar-refractivity contribution in [3.8, 4) is 0 Å². The minimum atomic E-state index is -4.12. The topological polar surface area (TPSA) is 25.8 Å². The predicted molar refractivity (Wildman–Crippen MR) is 56.2 cm³/mol. The van der Waals surface area contributed by atoms with E-state index < -0.39 is 12.6 Å². The van der Waals surface area contributed by atoms with Gasteiger partial charge in [-0.1, -0.05) is 22.9 Å². The smallest absolute Gasteiger partial charge is 0.171 e. The van der Waals surface area contributed by atoms with Crippen molar-refractivity contribution in [2.75, 3.05) is 0 Å². The minimum absolute atomic E-state index is 0.0788. The lowest BCUT2D eigenvalue weighted by Crippen LogP contribution is -2.08. The van der Waals surface area contributed by atoms with E-state index in [-0.39, 0.29) is 11.2 Å². The van der Waals surface area contributed by atoms with Gasteiger partial charge in [0.15, 0.2) is 0 Å². The number of aryl methyl sites for hydroxylation is 1. The number of rotatable bonds is 4. The van der Waals surface area contributed by atoms with E-state index in [1.165, 1.54) is 11.3 Å². The summed E-state index contributed by atoms with van der Waals surface area (Å²) in [5, 5.41) is 8.76. The van der Waals surface area contributed by atoms with Gasteiger partial charge in [0.1, 0.15) is 10.0 Å². The Bertz CT molecular complexity index is 313. The van der Waals surface area contributed by atoms with Crippen LogP contribution < -0.4 is 0 Å². The Balaban J connectivity index is 2.53. The molecule has 1 aromatic rings. The Labute approximate surface area is 98.0 Å². The van der Waals surface area contributed by atoms with Crippen molar-refractivity contribution < 1.29 is 13.2 Å². The Morgan fingerprint density at radius 3 is 2.60 bits per heavy atom. The standard InChI is InChI=1S/C8H10BrF3N2S/c1-2-5(9)7-14-13-6(15-7)3-4-8(10,11)12/h5H,2-4H2,1H3. The number of halogens is 4.